The minimum atomic E-state index is -3.35. The van der Waals surface area contributed by atoms with Crippen molar-refractivity contribution in [3.63, 3.8) is 0 Å². The molecule has 0 aliphatic carbocycles. The van der Waals surface area contributed by atoms with E-state index in [0.717, 1.165) is 32.1 Å². The molecule has 4 nitrogen and oxygen atoms in total. The van der Waals surface area contributed by atoms with Crippen LogP contribution >= 0.6 is 0 Å². The van der Waals surface area contributed by atoms with E-state index in [1.165, 1.54) is 30.0 Å². The Hall–Kier alpha value is -0.130. The van der Waals surface area contributed by atoms with Gasteiger partial charge in [-0.3, -0.25) is 0 Å². The van der Waals surface area contributed by atoms with Crippen LogP contribution in [0.3, 0.4) is 0 Å². The average Bonchev–Trinajstić information content (AvgIpc) is 2.35. The van der Waals surface area contributed by atoms with E-state index in [2.05, 4.69) is 18.6 Å². The molecule has 1 unspecified atom stereocenters. The van der Waals surface area contributed by atoms with Gasteiger partial charge in [0.25, 0.3) is 10.2 Å². The lowest BCUT2D eigenvalue weighted by Gasteiger charge is -2.32. The highest BCUT2D eigenvalue weighted by Gasteiger charge is 2.29. The molecule has 122 valence electrons. The van der Waals surface area contributed by atoms with Gasteiger partial charge in [-0.15, -0.1) is 0 Å². The highest BCUT2D eigenvalue weighted by Crippen LogP contribution is 2.23. The predicted molar refractivity (Wildman–Crippen MR) is 87.0 cm³/mol. The van der Waals surface area contributed by atoms with E-state index in [1.807, 2.05) is 6.92 Å². The Balaban J connectivity index is 4.50. The number of hydrogen-bond donors (Lipinski definition) is 1. The lowest BCUT2D eigenvalue weighted by Crippen LogP contribution is -2.50. The van der Waals surface area contributed by atoms with E-state index in [9.17, 15) is 8.42 Å². The molecule has 0 aromatic rings. The lowest BCUT2D eigenvalue weighted by molar-refractivity contribution is 0.327. The number of rotatable bonds is 12. The summed E-state index contributed by atoms with van der Waals surface area (Å²) in [6, 6.07) is 0. The fourth-order valence-corrected chi connectivity index (χ4v) is 3.32. The predicted octanol–water partition coefficient (Wildman–Crippen LogP) is 3.69. The van der Waals surface area contributed by atoms with Crippen molar-refractivity contribution in [2.45, 2.75) is 84.1 Å². The molecule has 0 aliphatic rings. The molecule has 20 heavy (non-hydrogen) atoms. The summed E-state index contributed by atoms with van der Waals surface area (Å²) in [5, 5.41) is 0. The minimum absolute atomic E-state index is 0.314. The highest BCUT2D eigenvalue weighted by molar-refractivity contribution is 7.87. The summed E-state index contributed by atoms with van der Waals surface area (Å²) in [5.41, 5.74) is -0.314. The normalized spacial score (nSPS) is 15.5. The topological polar surface area (TPSA) is 49.4 Å². The molecule has 5 heteroatoms. The molecule has 0 bridgehead atoms. The number of hydrogen-bond acceptors (Lipinski definition) is 2. The van der Waals surface area contributed by atoms with Gasteiger partial charge in [0.15, 0.2) is 0 Å². The zero-order chi connectivity index (χ0) is 15.6. The zero-order valence-corrected chi connectivity index (χ0v) is 14.9. The maximum absolute atomic E-state index is 12.1. The largest absolute Gasteiger partial charge is 0.279 e. The van der Waals surface area contributed by atoms with Crippen molar-refractivity contribution in [1.29, 1.82) is 0 Å². The Kier molecular flexibility index (Phi) is 9.68. The second-order valence-electron chi connectivity index (χ2n) is 6.22. The molecule has 0 fully saturated rings. The van der Waals surface area contributed by atoms with Crippen LogP contribution in [0.4, 0.5) is 0 Å². The van der Waals surface area contributed by atoms with E-state index < -0.39 is 10.2 Å². The fourth-order valence-electron chi connectivity index (χ4n) is 2.32. The summed E-state index contributed by atoms with van der Waals surface area (Å²) in [6.45, 7) is 6.39. The van der Waals surface area contributed by atoms with E-state index in [4.69, 9.17) is 0 Å². The molecule has 0 heterocycles. The monoisotopic (exact) mass is 306 g/mol. The molecule has 0 radical (unpaired) electrons. The van der Waals surface area contributed by atoms with Gasteiger partial charge in [0.05, 0.1) is 0 Å². The number of nitrogens with zero attached hydrogens (tertiary/aromatic N) is 1. The maximum Gasteiger partial charge on any atom is 0.279 e. The Morgan fingerprint density at radius 1 is 0.900 bits per heavy atom. The van der Waals surface area contributed by atoms with Crippen molar-refractivity contribution in [2.24, 2.45) is 0 Å². The fraction of sp³-hybridized carbons (Fsp3) is 1.00. The van der Waals surface area contributed by atoms with Gasteiger partial charge in [0, 0.05) is 19.6 Å². The molecule has 0 spiro atoms. The molecule has 0 amide bonds. The quantitative estimate of drug-likeness (QED) is 0.559. The van der Waals surface area contributed by atoms with Crippen LogP contribution in [-0.4, -0.2) is 32.4 Å². The van der Waals surface area contributed by atoms with E-state index in [-0.39, 0.29) is 5.54 Å². The summed E-state index contributed by atoms with van der Waals surface area (Å²) in [4.78, 5) is 0. The smallest absolute Gasteiger partial charge is 0.196 e. The second-order valence-corrected chi connectivity index (χ2v) is 8.10. The highest BCUT2D eigenvalue weighted by atomic mass is 32.2. The van der Waals surface area contributed by atoms with Gasteiger partial charge in [-0.2, -0.15) is 17.4 Å². The van der Waals surface area contributed by atoms with Crippen LogP contribution in [0.1, 0.15) is 78.6 Å². The van der Waals surface area contributed by atoms with Crippen molar-refractivity contribution in [3.8, 4) is 0 Å². The Bertz CT molecular complexity index is 342. The molecular formula is C15H34N2O2S. The standard InChI is InChI=1S/C15H34N2O2S/c1-6-8-10-11-12-14-15(3,13-9-7-2)16-20(18,19)17(4)5/h16H,6-14H2,1-5H3. The Morgan fingerprint density at radius 2 is 1.40 bits per heavy atom. The van der Waals surface area contributed by atoms with Gasteiger partial charge in [-0.05, 0) is 19.8 Å². The van der Waals surface area contributed by atoms with E-state index in [1.54, 1.807) is 14.1 Å². The Labute approximate surface area is 126 Å². The molecule has 1 N–H and O–H groups in total. The molecule has 0 aromatic carbocycles. The number of nitrogens with one attached hydrogen (secondary N) is 1. The first-order chi connectivity index (χ1) is 9.27. The molecule has 0 aromatic heterocycles. The summed E-state index contributed by atoms with van der Waals surface area (Å²) >= 11 is 0. The van der Waals surface area contributed by atoms with Crippen LogP contribution in [0.15, 0.2) is 0 Å². The first-order valence-corrected chi connectivity index (χ1v) is 9.43. The van der Waals surface area contributed by atoms with Crippen molar-refractivity contribution >= 4 is 10.2 Å². The van der Waals surface area contributed by atoms with Crippen molar-refractivity contribution in [1.82, 2.24) is 9.03 Å². The van der Waals surface area contributed by atoms with Crippen LogP contribution in [0, 0.1) is 0 Å². The van der Waals surface area contributed by atoms with Gasteiger partial charge >= 0.3 is 0 Å². The zero-order valence-electron chi connectivity index (χ0n) is 14.0. The molecule has 0 rings (SSSR count). The van der Waals surface area contributed by atoms with Crippen LogP contribution in [-0.2, 0) is 10.2 Å². The van der Waals surface area contributed by atoms with Crippen molar-refractivity contribution in [2.75, 3.05) is 14.1 Å². The van der Waals surface area contributed by atoms with Crippen LogP contribution in [0.2, 0.25) is 0 Å². The van der Waals surface area contributed by atoms with Crippen LogP contribution in [0.5, 0.6) is 0 Å². The van der Waals surface area contributed by atoms with Crippen molar-refractivity contribution in [3.05, 3.63) is 0 Å². The average molecular weight is 307 g/mol. The third kappa shape index (κ3) is 8.22. The SMILES string of the molecule is CCCCCCCC(C)(CCCC)NS(=O)(=O)N(C)C. The Morgan fingerprint density at radius 3 is 1.90 bits per heavy atom. The van der Waals surface area contributed by atoms with E-state index >= 15 is 0 Å². The van der Waals surface area contributed by atoms with Gasteiger partial charge in [-0.1, -0.05) is 58.8 Å². The minimum Gasteiger partial charge on any atom is -0.196 e. The summed E-state index contributed by atoms with van der Waals surface area (Å²) in [5.74, 6) is 0. The summed E-state index contributed by atoms with van der Waals surface area (Å²) in [6.07, 6.45) is 10.0. The third-order valence-corrected chi connectivity index (χ3v) is 5.48. The van der Waals surface area contributed by atoms with Gasteiger partial charge in [-0.25, -0.2) is 0 Å². The summed E-state index contributed by atoms with van der Waals surface area (Å²) in [7, 11) is -0.204. The van der Waals surface area contributed by atoms with Crippen LogP contribution < -0.4 is 4.72 Å². The van der Waals surface area contributed by atoms with Gasteiger partial charge in [0.2, 0.25) is 0 Å². The van der Waals surface area contributed by atoms with Crippen molar-refractivity contribution < 1.29 is 8.42 Å². The molecule has 1 atom stereocenters. The third-order valence-electron chi connectivity index (χ3n) is 3.77. The van der Waals surface area contributed by atoms with Gasteiger partial charge in [0.1, 0.15) is 0 Å². The first-order valence-electron chi connectivity index (χ1n) is 7.99. The number of unbranched alkanes of at least 4 members (excludes halogenated alkanes) is 5. The maximum atomic E-state index is 12.1. The first kappa shape index (κ1) is 19.9. The summed E-state index contributed by atoms with van der Waals surface area (Å²) < 4.78 is 28.3. The second kappa shape index (κ2) is 9.74. The molecular weight excluding hydrogens is 272 g/mol. The van der Waals surface area contributed by atoms with E-state index in [0.29, 0.717) is 0 Å². The van der Waals surface area contributed by atoms with Crippen LogP contribution in [0.25, 0.3) is 0 Å². The molecule has 0 saturated heterocycles. The molecule has 0 saturated carbocycles. The molecule has 0 aliphatic heterocycles. The lowest BCUT2D eigenvalue weighted by atomic mass is 9.90. The van der Waals surface area contributed by atoms with Gasteiger partial charge < -0.3 is 0 Å².